The Morgan fingerprint density at radius 1 is 1.21 bits per heavy atom. The van der Waals surface area contributed by atoms with E-state index >= 15 is 0 Å². The van der Waals surface area contributed by atoms with Crippen molar-refractivity contribution in [1.82, 2.24) is 15.3 Å². The summed E-state index contributed by atoms with van der Waals surface area (Å²) in [5, 5.41) is 12.8. The Morgan fingerprint density at radius 3 is 2.58 bits per heavy atom. The van der Waals surface area contributed by atoms with Crippen LogP contribution < -0.4 is 11.0 Å². The zero-order valence-corrected chi connectivity index (χ0v) is 11.5. The molecule has 1 aromatic carbocycles. The Balaban J connectivity index is 2.12. The van der Waals surface area contributed by atoms with Gasteiger partial charge in [0.2, 0.25) is 0 Å². The quantitative estimate of drug-likeness (QED) is 0.662. The normalized spacial score (nSPS) is 16.4. The molecule has 2 rings (SSSR count). The fourth-order valence-electron chi connectivity index (χ4n) is 2.42. The molecule has 5 nitrogen and oxygen atoms in total. The van der Waals surface area contributed by atoms with E-state index in [2.05, 4.69) is 29.1 Å². The van der Waals surface area contributed by atoms with Gasteiger partial charge in [-0.15, -0.1) is 0 Å². The molecule has 104 valence electrons. The van der Waals surface area contributed by atoms with Crippen molar-refractivity contribution < 1.29 is 5.11 Å². The number of H-pyrrole nitrogens is 2. The monoisotopic (exact) mass is 263 g/mol. The van der Waals surface area contributed by atoms with Gasteiger partial charge in [-0.1, -0.05) is 6.07 Å². The second kappa shape index (κ2) is 5.59. The molecule has 0 saturated carbocycles. The highest BCUT2D eigenvalue weighted by Gasteiger charge is 2.12. The van der Waals surface area contributed by atoms with E-state index in [9.17, 15) is 9.90 Å². The summed E-state index contributed by atoms with van der Waals surface area (Å²) >= 11 is 0. The Labute approximate surface area is 112 Å². The largest absolute Gasteiger partial charge is 0.393 e. The molecule has 0 radical (unpaired) electrons. The zero-order chi connectivity index (χ0) is 14.0. The molecule has 4 N–H and O–H groups in total. The Morgan fingerprint density at radius 2 is 1.89 bits per heavy atom. The molecule has 5 heteroatoms. The molecule has 0 bridgehead atoms. The molecule has 0 spiro atoms. The fourth-order valence-corrected chi connectivity index (χ4v) is 2.42. The van der Waals surface area contributed by atoms with Crippen LogP contribution in [0.15, 0.2) is 23.0 Å². The molecule has 0 aliphatic heterocycles. The number of aromatic nitrogens is 2. The number of imidazole rings is 1. The predicted octanol–water partition coefficient (Wildman–Crippen LogP) is 1.67. The van der Waals surface area contributed by atoms with Gasteiger partial charge in [-0.2, -0.15) is 0 Å². The molecule has 3 atom stereocenters. The lowest BCUT2D eigenvalue weighted by Crippen LogP contribution is -2.31. The van der Waals surface area contributed by atoms with Crippen LogP contribution in [-0.4, -0.2) is 27.2 Å². The summed E-state index contributed by atoms with van der Waals surface area (Å²) in [5.41, 5.74) is 2.56. The minimum Gasteiger partial charge on any atom is -0.393 e. The van der Waals surface area contributed by atoms with Crippen LogP contribution in [0.4, 0.5) is 0 Å². The van der Waals surface area contributed by atoms with Gasteiger partial charge in [0.1, 0.15) is 0 Å². The number of aliphatic hydroxyl groups excluding tert-OH is 1. The summed E-state index contributed by atoms with van der Waals surface area (Å²) in [4.78, 5) is 16.7. The van der Waals surface area contributed by atoms with Gasteiger partial charge in [-0.3, -0.25) is 0 Å². The number of fused-ring (bicyclic) bond motifs is 1. The van der Waals surface area contributed by atoms with Crippen LogP contribution in [0.5, 0.6) is 0 Å². The maximum absolute atomic E-state index is 11.2. The lowest BCUT2D eigenvalue weighted by Gasteiger charge is -2.21. The van der Waals surface area contributed by atoms with Gasteiger partial charge in [0, 0.05) is 12.1 Å². The van der Waals surface area contributed by atoms with Gasteiger partial charge in [-0.25, -0.2) is 4.79 Å². The van der Waals surface area contributed by atoms with E-state index in [4.69, 9.17) is 0 Å². The van der Waals surface area contributed by atoms with E-state index < -0.39 is 0 Å². The number of benzene rings is 1. The van der Waals surface area contributed by atoms with Gasteiger partial charge < -0.3 is 20.4 Å². The minimum absolute atomic E-state index is 0.163. The molecule has 0 aliphatic carbocycles. The second-order valence-electron chi connectivity index (χ2n) is 5.26. The van der Waals surface area contributed by atoms with Gasteiger partial charge in [0.05, 0.1) is 17.1 Å². The van der Waals surface area contributed by atoms with Crippen molar-refractivity contribution in [3.63, 3.8) is 0 Å². The molecule has 1 heterocycles. The van der Waals surface area contributed by atoms with Crippen molar-refractivity contribution in [1.29, 1.82) is 0 Å². The van der Waals surface area contributed by atoms with E-state index in [1.807, 2.05) is 18.2 Å². The first-order chi connectivity index (χ1) is 8.95. The summed E-state index contributed by atoms with van der Waals surface area (Å²) in [6.07, 6.45) is 0.409. The van der Waals surface area contributed by atoms with Crippen LogP contribution in [0, 0.1) is 0 Å². The first kappa shape index (κ1) is 13.8. The second-order valence-corrected chi connectivity index (χ2v) is 5.26. The predicted molar refractivity (Wildman–Crippen MR) is 76.2 cm³/mol. The van der Waals surface area contributed by atoms with Gasteiger partial charge in [0.25, 0.3) is 0 Å². The fraction of sp³-hybridized carbons (Fsp3) is 0.500. The summed E-state index contributed by atoms with van der Waals surface area (Å²) < 4.78 is 0. The Kier molecular flexibility index (Phi) is 4.07. The van der Waals surface area contributed by atoms with Crippen molar-refractivity contribution in [3.8, 4) is 0 Å². The van der Waals surface area contributed by atoms with E-state index in [0.29, 0.717) is 6.42 Å². The molecule has 0 fully saturated rings. The third-order valence-electron chi connectivity index (χ3n) is 3.27. The molecule has 0 amide bonds. The van der Waals surface area contributed by atoms with Gasteiger partial charge in [0.15, 0.2) is 0 Å². The van der Waals surface area contributed by atoms with Crippen LogP contribution in [-0.2, 0) is 0 Å². The van der Waals surface area contributed by atoms with Crippen molar-refractivity contribution >= 4 is 11.0 Å². The number of aliphatic hydroxyl groups is 1. The van der Waals surface area contributed by atoms with Crippen LogP contribution in [0.3, 0.4) is 0 Å². The summed E-state index contributed by atoms with van der Waals surface area (Å²) in [5.74, 6) is 0. The average molecular weight is 263 g/mol. The number of hydrogen-bond donors (Lipinski definition) is 4. The first-order valence-corrected chi connectivity index (χ1v) is 6.61. The summed E-state index contributed by atoms with van der Waals surface area (Å²) in [6, 6.07) is 6.27. The van der Waals surface area contributed by atoms with Crippen LogP contribution in [0.1, 0.15) is 38.8 Å². The van der Waals surface area contributed by atoms with Crippen molar-refractivity contribution in [2.45, 2.75) is 45.4 Å². The Hall–Kier alpha value is -1.59. The Bertz CT molecular complexity index is 600. The van der Waals surface area contributed by atoms with E-state index in [1.54, 1.807) is 6.92 Å². The number of rotatable bonds is 5. The van der Waals surface area contributed by atoms with Crippen molar-refractivity contribution in [2.24, 2.45) is 0 Å². The first-order valence-electron chi connectivity index (χ1n) is 6.61. The third-order valence-corrected chi connectivity index (χ3v) is 3.27. The number of aromatic amines is 2. The highest BCUT2D eigenvalue weighted by molar-refractivity contribution is 5.75. The van der Waals surface area contributed by atoms with Crippen molar-refractivity contribution in [2.75, 3.05) is 0 Å². The molecule has 0 aliphatic rings. The highest BCUT2D eigenvalue weighted by Crippen LogP contribution is 2.18. The molecule has 19 heavy (non-hydrogen) atoms. The maximum Gasteiger partial charge on any atom is 0.323 e. The van der Waals surface area contributed by atoms with E-state index in [-0.39, 0.29) is 23.9 Å². The van der Waals surface area contributed by atoms with Crippen LogP contribution in [0.2, 0.25) is 0 Å². The SMILES string of the molecule is CC(O)CC(C)NC(C)c1ccc2[nH]c(=O)[nH]c2c1. The van der Waals surface area contributed by atoms with Gasteiger partial charge in [-0.05, 0) is 44.9 Å². The van der Waals surface area contributed by atoms with E-state index in [0.717, 1.165) is 16.6 Å². The van der Waals surface area contributed by atoms with Crippen molar-refractivity contribution in [3.05, 3.63) is 34.2 Å². The highest BCUT2D eigenvalue weighted by atomic mass is 16.3. The topological polar surface area (TPSA) is 80.9 Å². The average Bonchev–Trinajstić information content (AvgIpc) is 2.66. The molecule has 3 unspecified atom stereocenters. The maximum atomic E-state index is 11.2. The molecule has 0 saturated heterocycles. The van der Waals surface area contributed by atoms with Gasteiger partial charge >= 0.3 is 5.69 Å². The van der Waals surface area contributed by atoms with E-state index in [1.165, 1.54) is 0 Å². The lowest BCUT2D eigenvalue weighted by atomic mass is 10.1. The smallest absolute Gasteiger partial charge is 0.323 e. The molecular weight excluding hydrogens is 242 g/mol. The van der Waals surface area contributed by atoms with Crippen LogP contribution in [0.25, 0.3) is 11.0 Å². The molecular formula is C14H21N3O2. The molecule has 2 aromatic rings. The number of nitrogens with one attached hydrogen (secondary N) is 3. The van der Waals surface area contributed by atoms with Crippen LogP contribution >= 0.6 is 0 Å². The lowest BCUT2D eigenvalue weighted by molar-refractivity contribution is 0.168. The minimum atomic E-state index is -0.307. The zero-order valence-electron chi connectivity index (χ0n) is 11.5. The summed E-state index contributed by atoms with van der Waals surface area (Å²) in [6.45, 7) is 5.92. The number of hydrogen-bond acceptors (Lipinski definition) is 3. The standard InChI is InChI=1S/C14H21N3O2/c1-8(6-9(2)18)15-10(3)11-4-5-12-13(7-11)17-14(19)16-12/h4-5,7-10,15,18H,6H2,1-3H3,(H2,16,17,19). The molecule has 1 aromatic heterocycles. The summed E-state index contributed by atoms with van der Waals surface area (Å²) in [7, 11) is 0. The third kappa shape index (κ3) is 3.45.